The molecule has 94 valence electrons. The number of hydrogen-bond donors (Lipinski definition) is 0. The fourth-order valence-electron chi connectivity index (χ4n) is 2.37. The van der Waals surface area contributed by atoms with Gasteiger partial charge in [-0.25, -0.2) is 0 Å². The predicted molar refractivity (Wildman–Crippen MR) is 75.8 cm³/mol. The predicted octanol–water partition coefficient (Wildman–Crippen LogP) is 3.81. The van der Waals surface area contributed by atoms with Gasteiger partial charge in [0.15, 0.2) is 5.78 Å². The Hall–Kier alpha value is -0.190. The van der Waals surface area contributed by atoms with Gasteiger partial charge in [-0.2, -0.15) is 0 Å². The van der Waals surface area contributed by atoms with E-state index >= 15 is 0 Å². The molecule has 2 heterocycles. The summed E-state index contributed by atoms with van der Waals surface area (Å²) in [7, 11) is 0. The second-order valence-corrected chi connectivity index (χ2v) is 7.32. The van der Waals surface area contributed by atoms with Gasteiger partial charge in [-0.05, 0) is 60.3 Å². The maximum Gasteiger partial charge on any atom is 0.186 e. The highest BCUT2D eigenvalue weighted by Gasteiger charge is 2.26. The topological polar surface area (TPSA) is 20.3 Å². The fourth-order valence-corrected chi connectivity index (χ4v) is 3.69. The summed E-state index contributed by atoms with van der Waals surface area (Å²) in [5, 5.41) is 0. The van der Waals surface area contributed by atoms with Gasteiger partial charge in [0.1, 0.15) is 0 Å². The summed E-state index contributed by atoms with van der Waals surface area (Å²) in [6, 6.07) is 4.38. The van der Waals surface area contributed by atoms with Crippen molar-refractivity contribution in [3.05, 3.63) is 20.8 Å². The van der Waals surface area contributed by atoms with E-state index in [1.54, 1.807) is 0 Å². The highest BCUT2D eigenvalue weighted by molar-refractivity contribution is 9.11. The van der Waals surface area contributed by atoms with Gasteiger partial charge >= 0.3 is 0 Å². The number of ketones is 1. The third-order valence-corrected chi connectivity index (χ3v) is 5.36. The first-order valence-electron chi connectivity index (χ1n) is 6.10. The molecule has 0 amide bonds. The number of Topliss-reactive ketones (excluding diaryl/α,β-unsaturated/α-hetero) is 1. The molecule has 1 aliphatic heterocycles. The molecule has 1 aromatic heterocycles. The number of likely N-dealkylation sites (tertiary alicyclic amines) is 1. The molecule has 1 fully saturated rings. The van der Waals surface area contributed by atoms with E-state index in [-0.39, 0.29) is 5.78 Å². The summed E-state index contributed by atoms with van der Waals surface area (Å²) < 4.78 is 1.03. The van der Waals surface area contributed by atoms with Crippen LogP contribution in [-0.2, 0) is 0 Å². The van der Waals surface area contributed by atoms with E-state index in [0.717, 1.165) is 15.2 Å². The van der Waals surface area contributed by atoms with Crippen LogP contribution in [0.25, 0.3) is 0 Å². The highest BCUT2D eigenvalue weighted by Crippen LogP contribution is 2.25. The lowest BCUT2D eigenvalue weighted by Gasteiger charge is -2.37. The molecule has 1 saturated heterocycles. The Balaban J connectivity index is 1.98. The van der Waals surface area contributed by atoms with Gasteiger partial charge in [0.2, 0.25) is 0 Å². The standard InChI is InChI=1S/C13H18BrNOS/c1-9-4-3-7-15(10(9)2)8-11(16)12-5-6-13(14)17-12/h5-6,9-10H,3-4,7-8H2,1-2H3. The lowest BCUT2D eigenvalue weighted by Crippen LogP contribution is -2.44. The molecule has 0 aliphatic carbocycles. The van der Waals surface area contributed by atoms with E-state index < -0.39 is 0 Å². The lowest BCUT2D eigenvalue weighted by molar-refractivity contribution is 0.0783. The van der Waals surface area contributed by atoms with Crippen LogP contribution in [-0.4, -0.2) is 29.8 Å². The Kier molecular flexibility index (Phi) is 4.39. The maximum absolute atomic E-state index is 12.1. The number of carbonyl (C=O) groups excluding carboxylic acids is 1. The molecule has 0 N–H and O–H groups in total. The number of rotatable bonds is 3. The summed E-state index contributed by atoms with van der Waals surface area (Å²) in [5.41, 5.74) is 0. The molecule has 0 aromatic carbocycles. The average Bonchev–Trinajstić information content (AvgIpc) is 2.72. The first kappa shape index (κ1) is 13.2. The van der Waals surface area contributed by atoms with Gasteiger partial charge in [-0.15, -0.1) is 11.3 Å². The van der Waals surface area contributed by atoms with E-state index in [0.29, 0.717) is 18.5 Å². The number of nitrogens with zero attached hydrogens (tertiary/aromatic N) is 1. The lowest BCUT2D eigenvalue weighted by atomic mass is 9.92. The van der Waals surface area contributed by atoms with Crippen molar-refractivity contribution in [2.45, 2.75) is 32.7 Å². The van der Waals surface area contributed by atoms with Crippen LogP contribution in [0, 0.1) is 5.92 Å². The van der Waals surface area contributed by atoms with E-state index in [9.17, 15) is 4.79 Å². The molecule has 1 aliphatic rings. The first-order chi connectivity index (χ1) is 8.08. The number of carbonyl (C=O) groups is 1. The van der Waals surface area contributed by atoms with E-state index in [1.807, 2.05) is 12.1 Å². The third kappa shape index (κ3) is 3.18. The molecule has 0 saturated carbocycles. The Labute approximate surface area is 115 Å². The van der Waals surface area contributed by atoms with Crippen molar-refractivity contribution in [3.8, 4) is 0 Å². The molecule has 2 rings (SSSR count). The number of hydrogen-bond acceptors (Lipinski definition) is 3. The zero-order valence-electron chi connectivity index (χ0n) is 10.3. The van der Waals surface area contributed by atoms with E-state index in [1.165, 1.54) is 24.2 Å². The second-order valence-electron chi connectivity index (χ2n) is 4.86. The van der Waals surface area contributed by atoms with Crippen LogP contribution < -0.4 is 0 Å². The molecule has 1 aromatic rings. The van der Waals surface area contributed by atoms with Crippen LogP contribution in [0.3, 0.4) is 0 Å². The number of halogens is 1. The Morgan fingerprint density at radius 2 is 2.29 bits per heavy atom. The van der Waals surface area contributed by atoms with Crippen molar-refractivity contribution in [1.29, 1.82) is 0 Å². The zero-order valence-corrected chi connectivity index (χ0v) is 12.7. The molecule has 2 nitrogen and oxygen atoms in total. The molecule has 17 heavy (non-hydrogen) atoms. The van der Waals surface area contributed by atoms with Crippen molar-refractivity contribution in [1.82, 2.24) is 4.90 Å². The largest absolute Gasteiger partial charge is 0.293 e. The molecule has 2 unspecified atom stereocenters. The van der Waals surface area contributed by atoms with E-state index in [4.69, 9.17) is 0 Å². The molecular formula is C13H18BrNOS. The summed E-state index contributed by atoms with van der Waals surface area (Å²) in [6.07, 6.45) is 2.50. The van der Waals surface area contributed by atoms with Crippen molar-refractivity contribution < 1.29 is 4.79 Å². The molecule has 4 heteroatoms. The average molecular weight is 316 g/mol. The minimum absolute atomic E-state index is 0.252. The van der Waals surface area contributed by atoms with Crippen LogP contribution >= 0.6 is 27.3 Å². The number of piperidine rings is 1. The van der Waals surface area contributed by atoms with Gasteiger partial charge in [0, 0.05) is 6.04 Å². The summed E-state index contributed by atoms with van der Waals surface area (Å²) in [5.74, 6) is 0.952. The van der Waals surface area contributed by atoms with Gasteiger partial charge in [0.05, 0.1) is 15.2 Å². The van der Waals surface area contributed by atoms with Gasteiger partial charge in [-0.3, -0.25) is 9.69 Å². The normalized spacial score (nSPS) is 26.1. The minimum Gasteiger partial charge on any atom is -0.293 e. The molecule has 0 spiro atoms. The summed E-state index contributed by atoms with van der Waals surface area (Å²) in [4.78, 5) is 15.3. The minimum atomic E-state index is 0.252. The van der Waals surface area contributed by atoms with Crippen LogP contribution in [0.2, 0.25) is 0 Å². The smallest absolute Gasteiger partial charge is 0.186 e. The van der Waals surface area contributed by atoms with Crippen LogP contribution in [0.15, 0.2) is 15.9 Å². The Morgan fingerprint density at radius 1 is 1.53 bits per heavy atom. The number of thiophene rings is 1. The Morgan fingerprint density at radius 3 is 2.94 bits per heavy atom. The van der Waals surface area contributed by atoms with E-state index in [2.05, 4.69) is 34.7 Å². The van der Waals surface area contributed by atoms with Crippen molar-refractivity contribution in [2.24, 2.45) is 5.92 Å². The zero-order chi connectivity index (χ0) is 12.4. The maximum atomic E-state index is 12.1. The van der Waals surface area contributed by atoms with Crippen LogP contribution in [0.5, 0.6) is 0 Å². The summed E-state index contributed by atoms with van der Waals surface area (Å²) >= 11 is 4.93. The van der Waals surface area contributed by atoms with Crippen LogP contribution in [0.4, 0.5) is 0 Å². The SMILES string of the molecule is CC1CCCN(CC(=O)c2ccc(Br)s2)C1C. The van der Waals surface area contributed by atoms with Gasteiger partial charge in [0.25, 0.3) is 0 Å². The highest BCUT2D eigenvalue weighted by atomic mass is 79.9. The fraction of sp³-hybridized carbons (Fsp3) is 0.615. The molecule has 0 radical (unpaired) electrons. The monoisotopic (exact) mass is 315 g/mol. The molecule has 0 bridgehead atoms. The third-order valence-electron chi connectivity index (χ3n) is 3.70. The van der Waals surface area contributed by atoms with Crippen LogP contribution in [0.1, 0.15) is 36.4 Å². The van der Waals surface area contributed by atoms with Gasteiger partial charge in [-0.1, -0.05) is 6.92 Å². The summed E-state index contributed by atoms with van der Waals surface area (Å²) in [6.45, 7) is 6.15. The van der Waals surface area contributed by atoms with Crippen molar-refractivity contribution >= 4 is 33.0 Å². The Bertz CT molecular complexity index is 404. The molecule has 2 atom stereocenters. The first-order valence-corrected chi connectivity index (χ1v) is 7.71. The van der Waals surface area contributed by atoms with Crippen molar-refractivity contribution in [2.75, 3.05) is 13.1 Å². The van der Waals surface area contributed by atoms with Gasteiger partial charge < -0.3 is 0 Å². The van der Waals surface area contributed by atoms with Crippen molar-refractivity contribution in [3.63, 3.8) is 0 Å². The quantitative estimate of drug-likeness (QED) is 0.790. The second kappa shape index (κ2) is 5.63. The molecular weight excluding hydrogens is 298 g/mol.